The first kappa shape index (κ1) is 13.5. The summed E-state index contributed by atoms with van der Waals surface area (Å²) < 4.78 is 0. The van der Waals surface area contributed by atoms with Gasteiger partial charge in [-0.05, 0) is 24.3 Å². The molecule has 1 aliphatic rings. The predicted octanol–water partition coefficient (Wildman–Crippen LogP) is 0.213. The molecule has 6 nitrogen and oxygen atoms in total. The fraction of sp³-hybridized carbons (Fsp3) is 0.143. The van der Waals surface area contributed by atoms with Gasteiger partial charge in [0.1, 0.15) is 0 Å². The number of benzene rings is 1. The number of rotatable bonds is 4. The number of carbonyl (C=O) groups excluding carboxylic acids is 3. The van der Waals surface area contributed by atoms with Crippen molar-refractivity contribution in [2.45, 2.75) is 0 Å². The highest BCUT2D eigenvalue weighted by molar-refractivity contribution is 6.12. The maximum Gasteiger partial charge on any atom is 0.253 e. The topological polar surface area (TPSA) is 90.3 Å². The first-order chi connectivity index (χ1) is 9.61. The van der Waals surface area contributed by atoms with E-state index in [-0.39, 0.29) is 30.8 Å². The molecule has 0 saturated carbocycles. The molecule has 0 unspecified atom stereocenters. The number of carbonyl (C=O) groups is 3. The first-order valence-corrected chi connectivity index (χ1v) is 5.94. The molecule has 0 radical (unpaired) electrons. The normalized spacial score (nSPS) is 13.4. The third-order valence-corrected chi connectivity index (χ3v) is 2.80. The summed E-state index contributed by atoms with van der Waals surface area (Å²) in [6.07, 6.45) is 2.40. The number of nitrogens with zero attached hydrogens (tertiary/aromatic N) is 2. The first-order valence-electron chi connectivity index (χ1n) is 5.94. The van der Waals surface area contributed by atoms with Gasteiger partial charge in [0.2, 0.25) is 0 Å². The molecule has 1 heterocycles. The molecule has 20 heavy (non-hydrogen) atoms. The summed E-state index contributed by atoms with van der Waals surface area (Å²) in [6, 6.07) is 8.15. The summed E-state index contributed by atoms with van der Waals surface area (Å²) in [5.41, 5.74) is 0.891. The quantitative estimate of drug-likeness (QED) is 0.791. The molecule has 6 heteroatoms. The summed E-state index contributed by atoms with van der Waals surface area (Å²) in [6.45, 7) is 0.310. The molecule has 0 fully saturated rings. The molecule has 1 aromatic carbocycles. The zero-order valence-electron chi connectivity index (χ0n) is 10.5. The summed E-state index contributed by atoms with van der Waals surface area (Å²) in [4.78, 5) is 35.4. The van der Waals surface area contributed by atoms with Crippen LogP contribution < -0.4 is 5.32 Å². The SMILES string of the molecule is N#Cc1ccc(C(=O)NCCN2C(=O)C=CC2=O)cc1. The highest BCUT2D eigenvalue weighted by atomic mass is 16.2. The van der Waals surface area contributed by atoms with Gasteiger partial charge in [0.25, 0.3) is 17.7 Å². The number of nitrogens with one attached hydrogen (secondary N) is 1. The van der Waals surface area contributed by atoms with E-state index in [2.05, 4.69) is 5.32 Å². The maximum atomic E-state index is 11.8. The van der Waals surface area contributed by atoms with Gasteiger partial charge in [-0.15, -0.1) is 0 Å². The smallest absolute Gasteiger partial charge is 0.253 e. The van der Waals surface area contributed by atoms with Crippen LogP contribution in [0.2, 0.25) is 0 Å². The fourth-order valence-electron chi connectivity index (χ4n) is 1.73. The van der Waals surface area contributed by atoms with Crippen LogP contribution >= 0.6 is 0 Å². The molecule has 1 aromatic rings. The number of imide groups is 1. The molecule has 0 saturated heterocycles. The highest BCUT2D eigenvalue weighted by Crippen LogP contribution is 2.04. The van der Waals surface area contributed by atoms with E-state index in [4.69, 9.17) is 5.26 Å². The van der Waals surface area contributed by atoms with Gasteiger partial charge in [-0.1, -0.05) is 0 Å². The van der Waals surface area contributed by atoms with Gasteiger partial charge in [-0.3, -0.25) is 19.3 Å². The second-order valence-electron chi connectivity index (χ2n) is 4.11. The summed E-state index contributed by atoms with van der Waals surface area (Å²) >= 11 is 0. The van der Waals surface area contributed by atoms with Crippen molar-refractivity contribution in [1.82, 2.24) is 10.2 Å². The van der Waals surface area contributed by atoms with E-state index in [9.17, 15) is 14.4 Å². The van der Waals surface area contributed by atoms with Crippen LogP contribution in [0.5, 0.6) is 0 Å². The predicted molar refractivity (Wildman–Crippen MR) is 69.4 cm³/mol. The van der Waals surface area contributed by atoms with Crippen molar-refractivity contribution in [3.8, 4) is 6.07 Å². The van der Waals surface area contributed by atoms with Crippen LogP contribution in [0.25, 0.3) is 0 Å². The third-order valence-electron chi connectivity index (χ3n) is 2.80. The molecule has 0 spiro atoms. The van der Waals surface area contributed by atoms with E-state index in [1.54, 1.807) is 24.3 Å². The Morgan fingerprint density at radius 1 is 1.15 bits per heavy atom. The number of nitriles is 1. The van der Waals surface area contributed by atoms with Crippen LogP contribution in [0.4, 0.5) is 0 Å². The van der Waals surface area contributed by atoms with Crippen LogP contribution in [-0.2, 0) is 9.59 Å². The Balaban J connectivity index is 1.85. The largest absolute Gasteiger partial charge is 0.350 e. The van der Waals surface area contributed by atoms with Crippen molar-refractivity contribution in [2.24, 2.45) is 0 Å². The minimum absolute atomic E-state index is 0.132. The molecular weight excluding hydrogens is 258 g/mol. The maximum absolute atomic E-state index is 11.8. The van der Waals surface area contributed by atoms with Crippen molar-refractivity contribution in [2.75, 3.05) is 13.1 Å². The third kappa shape index (κ3) is 2.90. The molecule has 0 aromatic heterocycles. The fourth-order valence-corrected chi connectivity index (χ4v) is 1.73. The molecular formula is C14H11N3O3. The van der Waals surface area contributed by atoms with E-state index in [1.807, 2.05) is 6.07 Å². The Morgan fingerprint density at radius 2 is 1.75 bits per heavy atom. The lowest BCUT2D eigenvalue weighted by Gasteiger charge is -2.13. The number of hydrogen-bond acceptors (Lipinski definition) is 4. The van der Waals surface area contributed by atoms with Gasteiger partial charge in [0.15, 0.2) is 0 Å². The van der Waals surface area contributed by atoms with Crippen LogP contribution in [-0.4, -0.2) is 35.7 Å². The zero-order valence-corrected chi connectivity index (χ0v) is 10.5. The van der Waals surface area contributed by atoms with Gasteiger partial charge in [-0.25, -0.2) is 0 Å². The monoisotopic (exact) mass is 269 g/mol. The molecule has 1 N–H and O–H groups in total. The van der Waals surface area contributed by atoms with Crippen LogP contribution in [0.15, 0.2) is 36.4 Å². The van der Waals surface area contributed by atoms with Gasteiger partial charge >= 0.3 is 0 Å². The van der Waals surface area contributed by atoms with Crippen LogP contribution in [0.1, 0.15) is 15.9 Å². The van der Waals surface area contributed by atoms with Crippen molar-refractivity contribution in [3.63, 3.8) is 0 Å². The average Bonchev–Trinajstić information content (AvgIpc) is 2.79. The van der Waals surface area contributed by atoms with E-state index >= 15 is 0 Å². The molecule has 100 valence electrons. The van der Waals surface area contributed by atoms with Crippen LogP contribution in [0, 0.1) is 11.3 Å². The summed E-state index contributed by atoms with van der Waals surface area (Å²) in [7, 11) is 0. The van der Waals surface area contributed by atoms with Crippen molar-refractivity contribution >= 4 is 17.7 Å². The van der Waals surface area contributed by atoms with Gasteiger partial charge < -0.3 is 5.32 Å². The molecule has 0 bridgehead atoms. The van der Waals surface area contributed by atoms with E-state index in [0.717, 1.165) is 4.90 Å². The Morgan fingerprint density at radius 3 is 2.30 bits per heavy atom. The standard InChI is InChI=1S/C14H11N3O3/c15-9-10-1-3-11(4-2-10)14(20)16-7-8-17-12(18)5-6-13(17)19/h1-6H,7-8H2,(H,16,20). The minimum Gasteiger partial charge on any atom is -0.350 e. The van der Waals surface area contributed by atoms with E-state index in [1.165, 1.54) is 12.2 Å². The zero-order chi connectivity index (χ0) is 14.5. The number of hydrogen-bond donors (Lipinski definition) is 1. The second kappa shape index (κ2) is 5.80. The van der Waals surface area contributed by atoms with E-state index < -0.39 is 0 Å². The lowest BCUT2D eigenvalue weighted by molar-refractivity contribution is -0.136. The molecule has 0 atom stereocenters. The Hall–Kier alpha value is -2.94. The molecule has 0 aliphatic carbocycles. The molecule has 3 amide bonds. The van der Waals surface area contributed by atoms with Crippen molar-refractivity contribution in [1.29, 1.82) is 5.26 Å². The van der Waals surface area contributed by atoms with Crippen LogP contribution in [0.3, 0.4) is 0 Å². The van der Waals surface area contributed by atoms with Gasteiger partial charge in [0.05, 0.1) is 11.6 Å². The van der Waals surface area contributed by atoms with Crippen molar-refractivity contribution < 1.29 is 14.4 Å². The summed E-state index contributed by atoms with van der Waals surface area (Å²) in [5.74, 6) is -1.06. The Labute approximate surface area is 115 Å². The highest BCUT2D eigenvalue weighted by Gasteiger charge is 2.22. The van der Waals surface area contributed by atoms with Crippen molar-refractivity contribution in [3.05, 3.63) is 47.5 Å². The summed E-state index contributed by atoms with van der Waals surface area (Å²) in [5, 5.41) is 11.3. The lowest BCUT2D eigenvalue weighted by Crippen LogP contribution is -2.38. The Kier molecular flexibility index (Phi) is 3.91. The van der Waals surface area contributed by atoms with Gasteiger partial charge in [-0.2, -0.15) is 5.26 Å². The minimum atomic E-state index is -0.373. The number of amides is 3. The lowest BCUT2D eigenvalue weighted by atomic mass is 10.1. The second-order valence-corrected chi connectivity index (χ2v) is 4.11. The molecule has 1 aliphatic heterocycles. The Bertz CT molecular complexity index is 608. The van der Waals surface area contributed by atoms with E-state index in [0.29, 0.717) is 11.1 Å². The van der Waals surface area contributed by atoms with Gasteiger partial charge in [0, 0.05) is 30.8 Å². The molecule has 2 rings (SSSR count). The average molecular weight is 269 g/mol.